The SMILES string of the molecule is CCC(c1ccccc1)c1nnc(NC(=O)N2CC(C)CC(C(=O)O)C2)s1. The molecule has 27 heavy (non-hydrogen) atoms. The fourth-order valence-electron chi connectivity index (χ4n) is 3.53. The predicted molar refractivity (Wildman–Crippen MR) is 104 cm³/mol. The lowest BCUT2D eigenvalue weighted by molar-refractivity contribution is -0.143. The molecule has 0 spiro atoms. The number of carboxylic acids is 1. The number of hydrogen-bond donors (Lipinski definition) is 2. The van der Waals surface area contributed by atoms with Gasteiger partial charge in [-0.3, -0.25) is 10.1 Å². The standard InChI is InChI=1S/C19H24N4O3S/c1-3-15(13-7-5-4-6-8-13)16-21-22-18(27-16)20-19(26)23-10-12(2)9-14(11-23)17(24)25/h4-8,12,14-15H,3,9-11H2,1-2H3,(H,24,25)(H,20,22,26). The van der Waals surface area contributed by atoms with Crippen molar-refractivity contribution >= 4 is 28.5 Å². The number of hydrogen-bond acceptors (Lipinski definition) is 5. The number of benzene rings is 1. The molecule has 2 heterocycles. The molecule has 1 aliphatic rings. The Morgan fingerprint density at radius 1 is 1.30 bits per heavy atom. The lowest BCUT2D eigenvalue weighted by Gasteiger charge is -2.34. The van der Waals surface area contributed by atoms with Crippen LogP contribution in [-0.4, -0.2) is 45.3 Å². The van der Waals surface area contributed by atoms with Gasteiger partial charge in [-0.15, -0.1) is 10.2 Å². The van der Waals surface area contributed by atoms with Crippen LogP contribution < -0.4 is 5.32 Å². The Morgan fingerprint density at radius 2 is 2.04 bits per heavy atom. The van der Waals surface area contributed by atoms with Gasteiger partial charge in [0.15, 0.2) is 0 Å². The molecule has 0 aliphatic carbocycles. The average molecular weight is 388 g/mol. The summed E-state index contributed by atoms with van der Waals surface area (Å²) < 4.78 is 0. The first-order valence-corrected chi connectivity index (χ1v) is 9.96. The van der Waals surface area contributed by atoms with Gasteiger partial charge in [-0.2, -0.15) is 0 Å². The molecule has 144 valence electrons. The molecule has 2 N–H and O–H groups in total. The number of carbonyl (C=O) groups is 2. The van der Waals surface area contributed by atoms with Crippen LogP contribution in [0.25, 0.3) is 0 Å². The van der Waals surface area contributed by atoms with Crippen LogP contribution in [-0.2, 0) is 4.79 Å². The second-order valence-corrected chi connectivity index (χ2v) is 8.04. The zero-order valence-electron chi connectivity index (χ0n) is 15.5. The predicted octanol–water partition coefficient (Wildman–Crippen LogP) is 3.65. The van der Waals surface area contributed by atoms with Gasteiger partial charge in [-0.25, -0.2) is 4.79 Å². The van der Waals surface area contributed by atoms with Crippen LogP contribution in [0.4, 0.5) is 9.93 Å². The Hall–Kier alpha value is -2.48. The molecule has 1 aromatic carbocycles. The number of carboxylic acid groups (broad SMARTS) is 1. The third-order valence-corrected chi connectivity index (χ3v) is 5.81. The number of likely N-dealkylation sites (tertiary alicyclic amines) is 1. The van der Waals surface area contributed by atoms with Crippen LogP contribution in [0.2, 0.25) is 0 Å². The highest BCUT2D eigenvalue weighted by atomic mass is 32.1. The summed E-state index contributed by atoms with van der Waals surface area (Å²) in [5.74, 6) is -1.09. The smallest absolute Gasteiger partial charge is 0.323 e. The van der Waals surface area contributed by atoms with Crippen molar-refractivity contribution in [3.8, 4) is 0 Å². The fourth-order valence-corrected chi connectivity index (χ4v) is 4.48. The van der Waals surface area contributed by atoms with Crippen molar-refractivity contribution < 1.29 is 14.7 Å². The maximum absolute atomic E-state index is 12.6. The minimum Gasteiger partial charge on any atom is -0.481 e. The molecular weight excluding hydrogens is 364 g/mol. The van der Waals surface area contributed by atoms with Gasteiger partial charge in [0, 0.05) is 19.0 Å². The zero-order valence-corrected chi connectivity index (χ0v) is 16.3. The lowest BCUT2D eigenvalue weighted by Crippen LogP contribution is -2.47. The summed E-state index contributed by atoms with van der Waals surface area (Å²) in [5.41, 5.74) is 1.17. The van der Waals surface area contributed by atoms with Crippen molar-refractivity contribution in [2.45, 2.75) is 32.6 Å². The first kappa shape index (κ1) is 19.3. The number of carbonyl (C=O) groups excluding carboxylic acids is 1. The number of rotatable bonds is 5. The van der Waals surface area contributed by atoms with E-state index in [-0.39, 0.29) is 24.4 Å². The molecule has 3 unspecified atom stereocenters. The molecular formula is C19H24N4O3S. The van der Waals surface area contributed by atoms with Crippen molar-refractivity contribution in [1.82, 2.24) is 15.1 Å². The molecule has 1 aliphatic heterocycles. The normalized spacial score (nSPS) is 20.9. The van der Waals surface area contributed by atoms with Crippen molar-refractivity contribution in [3.05, 3.63) is 40.9 Å². The topological polar surface area (TPSA) is 95.4 Å². The van der Waals surface area contributed by atoms with E-state index in [2.05, 4.69) is 34.6 Å². The summed E-state index contributed by atoms with van der Waals surface area (Å²) in [6.07, 6.45) is 1.48. The Kier molecular flexibility index (Phi) is 6.05. The van der Waals surface area contributed by atoms with Gasteiger partial charge in [-0.05, 0) is 24.3 Å². The van der Waals surface area contributed by atoms with E-state index in [0.29, 0.717) is 18.1 Å². The van der Waals surface area contributed by atoms with Crippen molar-refractivity contribution in [2.24, 2.45) is 11.8 Å². The van der Waals surface area contributed by atoms with Gasteiger partial charge in [0.2, 0.25) is 5.13 Å². The monoisotopic (exact) mass is 388 g/mol. The van der Waals surface area contributed by atoms with E-state index in [9.17, 15) is 14.7 Å². The van der Waals surface area contributed by atoms with E-state index in [1.807, 2.05) is 25.1 Å². The van der Waals surface area contributed by atoms with Gasteiger partial charge in [0.25, 0.3) is 0 Å². The van der Waals surface area contributed by atoms with E-state index in [4.69, 9.17) is 0 Å². The summed E-state index contributed by atoms with van der Waals surface area (Å²) in [7, 11) is 0. The number of aromatic nitrogens is 2. The Morgan fingerprint density at radius 3 is 2.70 bits per heavy atom. The van der Waals surface area contributed by atoms with Gasteiger partial charge < -0.3 is 10.0 Å². The molecule has 3 rings (SSSR count). The van der Waals surface area contributed by atoms with Crippen LogP contribution in [0.15, 0.2) is 30.3 Å². The number of nitrogens with zero attached hydrogens (tertiary/aromatic N) is 3. The number of anilines is 1. The van der Waals surface area contributed by atoms with E-state index >= 15 is 0 Å². The molecule has 0 radical (unpaired) electrons. The summed E-state index contributed by atoms with van der Waals surface area (Å²) in [4.78, 5) is 25.4. The van der Waals surface area contributed by atoms with Crippen LogP contribution in [0, 0.1) is 11.8 Å². The second-order valence-electron chi connectivity index (χ2n) is 7.03. The molecule has 8 heteroatoms. The summed E-state index contributed by atoms with van der Waals surface area (Å²) >= 11 is 1.36. The first-order chi connectivity index (χ1) is 13.0. The highest BCUT2D eigenvalue weighted by Gasteiger charge is 2.32. The van der Waals surface area contributed by atoms with Crippen LogP contribution in [0.5, 0.6) is 0 Å². The largest absolute Gasteiger partial charge is 0.481 e. The maximum Gasteiger partial charge on any atom is 0.323 e. The van der Waals surface area contributed by atoms with Gasteiger partial charge in [0.05, 0.1) is 5.92 Å². The average Bonchev–Trinajstić information content (AvgIpc) is 3.10. The molecule has 1 fully saturated rings. The minimum atomic E-state index is -0.855. The fraction of sp³-hybridized carbons (Fsp3) is 0.474. The first-order valence-electron chi connectivity index (χ1n) is 9.15. The van der Waals surface area contributed by atoms with Crippen LogP contribution in [0.3, 0.4) is 0 Å². The van der Waals surface area contributed by atoms with Gasteiger partial charge in [0.1, 0.15) is 5.01 Å². The van der Waals surface area contributed by atoms with E-state index in [1.165, 1.54) is 16.9 Å². The highest BCUT2D eigenvalue weighted by Crippen LogP contribution is 2.31. The Labute approximate surface area is 162 Å². The van der Waals surface area contributed by atoms with Crippen molar-refractivity contribution in [2.75, 3.05) is 18.4 Å². The molecule has 7 nitrogen and oxygen atoms in total. The van der Waals surface area contributed by atoms with Crippen LogP contribution in [0.1, 0.15) is 43.2 Å². The summed E-state index contributed by atoms with van der Waals surface area (Å²) in [6.45, 7) is 4.82. The Bertz CT molecular complexity index is 795. The number of nitrogens with one attached hydrogen (secondary N) is 1. The van der Waals surface area contributed by atoms with Crippen molar-refractivity contribution in [3.63, 3.8) is 0 Å². The maximum atomic E-state index is 12.6. The molecule has 2 aromatic rings. The lowest BCUT2D eigenvalue weighted by atomic mass is 9.91. The highest BCUT2D eigenvalue weighted by molar-refractivity contribution is 7.15. The van der Waals surface area contributed by atoms with Gasteiger partial charge in [-0.1, -0.05) is 55.5 Å². The summed E-state index contributed by atoms with van der Waals surface area (Å²) in [6, 6.07) is 9.79. The molecule has 1 aromatic heterocycles. The molecule has 0 bridgehead atoms. The third kappa shape index (κ3) is 4.63. The number of urea groups is 1. The quantitative estimate of drug-likeness (QED) is 0.815. The second kappa shape index (κ2) is 8.47. The van der Waals surface area contributed by atoms with E-state index in [1.54, 1.807) is 4.90 Å². The number of aliphatic carboxylic acids is 1. The zero-order chi connectivity index (χ0) is 19.4. The van der Waals surface area contributed by atoms with Gasteiger partial charge >= 0.3 is 12.0 Å². The van der Waals surface area contributed by atoms with E-state index < -0.39 is 11.9 Å². The molecule has 2 amide bonds. The molecule has 1 saturated heterocycles. The third-order valence-electron chi connectivity index (χ3n) is 4.86. The molecule has 0 saturated carbocycles. The number of piperidine rings is 1. The van der Waals surface area contributed by atoms with Crippen LogP contribution >= 0.6 is 11.3 Å². The summed E-state index contributed by atoms with van der Waals surface area (Å²) in [5, 5.41) is 21.7. The number of amides is 2. The van der Waals surface area contributed by atoms with E-state index in [0.717, 1.165) is 11.4 Å². The molecule has 3 atom stereocenters. The Balaban J connectivity index is 1.68. The van der Waals surface area contributed by atoms with Crippen molar-refractivity contribution in [1.29, 1.82) is 0 Å². The minimum absolute atomic E-state index is 0.140.